The van der Waals surface area contributed by atoms with E-state index < -0.39 is 0 Å². The Hall–Kier alpha value is -1.62. The van der Waals surface area contributed by atoms with E-state index in [1.807, 2.05) is 12.1 Å². The maximum Gasteiger partial charge on any atom is 0.132 e. The number of pyridine rings is 1. The van der Waals surface area contributed by atoms with Gasteiger partial charge in [0.15, 0.2) is 0 Å². The van der Waals surface area contributed by atoms with Crippen molar-refractivity contribution in [1.82, 2.24) is 4.98 Å². The SMILES string of the molecule is CNc1ncccc1COc1cc(F)cc(Br)c1. The molecule has 0 radical (unpaired) electrons. The summed E-state index contributed by atoms with van der Waals surface area (Å²) in [5, 5.41) is 2.98. The van der Waals surface area contributed by atoms with Gasteiger partial charge in [0.05, 0.1) is 0 Å². The molecule has 1 aromatic carbocycles. The topological polar surface area (TPSA) is 34.2 Å². The smallest absolute Gasteiger partial charge is 0.132 e. The predicted octanol–water partition coefficient (Wildman–Crippen LogP) is 3.60. The van der Waals surface area contributed by atoms with E-state index in [1.165, 1.54) is 12.1 Å². The number of rotatable bonds is 4. The highest BCUT2D eigenvalue weighted by Crippen LogP contribution is 2.22. The molecular formula is C13H12BrFN2O. The van der Waals surface area contributed by atoms with Crippen LogP contribution in [0.3, 0.4) is 0 Å². The highest BCUT2D eigenvalue weighted by Gasteiger charge is 2.04. The van der Waals surface area contributed by atoms with Crippen LogP contribution in [0.1, 0.15) is 5.56 Å². The molecule has 2 aromatic rings. The Balaban J connectivity index is 2.11. The summed E-state index contributed by atoms with van der Waals surface area (Å²) in [5.74, 6) is 0.903. The van der Waals surface area contributed by atoms with E-state index in [1.54, 1.807) is 19.3 Å². The summed E-state index contributed by atoms with van der Waals surface area (Å²) in [7, 11) is 1.80. The number of benzene rings is 1. The molecular weight excluding hydrogens is 299 g/mol. The number of anilines is 1. The van der Waals surface area contributed by atoms with Gasteiger partial charge in [-0.15, -0.1) is 0 Å². The van der Waals surface area contributed by atoms with Crippen LogP contribution in [-0.4, -0.2) is 12.0 Å². The molecule has 1 N–H and O–H groups in total. The van der Waals surface area contributed by atoms with Crippen LogP contribution in [0.4, 0.5) is 10.2 Å². The molecule has 0 bridgehead atoms. The molecule has 0 spiro atoms. The second-order valence-electron chi connectivity index (χ2n) is 3.65. The minimum atomic E-state index is -0.334. The largest absolute Gasteiger partial charge is 0.489 e. The molecule has 3 nitrogen and oxygen atoms in total. The molecule has 0 amide bonds. The van der Waals surface area contributed by atoms with Crippen LogP contribution in [-0.2, 0) is 6.61 Å². The zero-order chi connectivity index (χ0) is 13.0. The zero-order valence-electron chi connectivity index (χ0n) is 9.78. The van der Waals surface area contributed by atoms with Crippen molar-refractivity contribution in [1.29, 1.82) is 0 Å². The summed E-state index contributed by atoms with van der Waals surface area (Å²) in [4.78, 5) is 4.17. The highest BCUT2D eigenvalue weighted by atomic mass is 79.9. The van der Waals surface area contributed by atoms with Crippen molar-refractivity contribution >= 4 is 21.7 Å². The number of halogens is 2. The lowest BCUT2D eigenvalue weighted by molar-refractivity contribution is 0.304. The van der Waals surface area contributed by atoms with E-state index in [2.05, 4.69) is 26.2 Å². The van der Waals surface area contributed by atoms with Crippen molar-refractivity contribution in [3.63, 3.8) is 0 Å². The third-order valence-corrected chi connectivity index (χ3v) is 2.82. The number of hydrogen-bond acceptors (Lipinski definition) is 3. The van der Waals surface area contributed by atoms with Gasteiger partial charge in [-0.25, -0.2) is 9.37 Å². The van der Waals surface area contributed by atoms with Crippen molar-refractivity contribution in [3.05, 3.63) is 52.4 Å². The van der Waals surface area contributed by atoms with Gasteiger partial charge in [0.1, 0.15) is 24.0 Å². The standard InChI is InChI=1S/C13H12BrFN2O/c1-16-13-9(3-2-4-17-13)8-18-12-6-10(14)5-11(15)7-12/h2-7H,8H2,1H3,(H,16,17). The van der Waals surface area contributed by atoms with Crippen LogP contribution >= 0.6 is 15.9 Å². The third-order valence-electron chi connectivity index (χ3n) is 2.36. The molecule has 0 saturated heterocycles. The fraction of sp³-hybridized carbons (Fsp3) is 0.154. The first-order chi connectivity index (χ1) is 8.69. The van der Waals surface area contributed by atoms with Gasteiger partial charge in [-0.1, -0.05) is 22.0 Å². The van der Waals surface area contributed by atoms with Crippen molar-refractivity contribution in [2.75, 3.05) is 12.4 Å². The molecule has 94 valence electrons. The Kier molecular flexibility index (Phi) is 4.15. The van der Waals surface area contributed by atoms with Crippen molar-refractivity contribution < 1.29 is 9.13 Å². The molecule has 1 aromatic heterocycles. The van der Waals surface area contributed by atoms with Crippen LogP contribution in [0.15, 0.2) is 41.0 Å². The van der Waals surface area contributed by atoms with Gasteiger partial charge < -0.3 is 10.1 Å². The molecule has 2 rings (SSSR count). The summed E-state index contributed by atoms with van der Waals surface area (Å²) >= 11 is 3.22. The van der Waals surface area contributed by atoms with E-state index in [-0.39, 0.29) is 5.82 Å². The maximum atomic E-state index is 13.2. The Bertz CT molecular complexity index is 528. The van der Waals surface area contributed by atoms with Gasteiger partial charge in [-0.05, 0) is 18.2 Å². The Labute approximate surface area is 113 Å². The van der Waals surface area contributed by atoms with Crippen molar-refractivity contribution in [2.45, 2.75) is 6.61 Å². The first-order valence-corrected chi connectivity index (χ1v) is 6.19. The minimum Gasteiger partial charge on any atom is -0.489 e. The monoisotopic (exact) mass is 310 g/mol. The Morgan fingerprint density at radius 2 is 2.22 bits per heavy atom. The second-order valence-corrected chi connectivity index (χ2v) is 4.57. The van der Waals surface area contributed by atoms with Crippen LogP contribution in [0, 0.1) is 5.82 Å². The van der Waals surface area contributed by atoms with E-state index in [9.17, 15) is 4.39 Å². The Morgan fingerprint density at radius 3 is 2.94 bits per heavy atom. The van der Waals surface area contributed by atoms with Gasteiger partial charge in [0.2, 0.25) is 0 Å². The van der Waals surface area contributed by atoms with Crippen LogP contribution in [0.5, 0.6) is 5.75 Å². The number of ether oxygens (including phenoxy) is 1. The first kappa shape index (κ1) is 12.8. The molecule has 0 aliphatic heterocycles. The van der Waals surface area contributed by atoms with Crippen LogP contribution in [0.2, 0.25) is 0 Å². The van der Waals surface area contributed by atoms with Crippen LogP contribution in [0.25, 0.3) is 0 Å². The zero-order valence-corrected chi connectivity index (χ0v) is 11.4. The number of aromatic nitrogens is 1. The summed E-state index contributed by atoms with van der Waals surface area (Å²) in [6.45, 7) is 0.333. The quantitative estimate of drug-likeness (QED) is 0.937. The summed E-state index contributed by atoms with van der Waals surface area (Å²) in [5.41, 5.74) is 0.917. The average molecular weight is 311 g/mol. The van der Waals surface area contributed by atoms with E-state index in [4.69, 9.17) is 4.74 Å². The molecule has 0 unspecified atom stereocenters. The van der Waals surface area contributed by atoms with E-state index >= 15 is 0 Å². The molecule has 5 heteroatoms. The fourth-order valence-electron chi connectivity index (χ4n) is 1.55. The van der Waals surface area contributed by atoms with Crippen molar-refractivity contribution in [2.24, 2.45) is 0 Å². The van der Waals surface area contributed by atoms with E-state index in [0.717, 1.165) is 11.4 Å². The molecule has 1 heterocycles. The summed E-state index contributed by atoms with van der Waals surface area (Å²) in [6.07, 6.45) is 1.70. The summed E-state index contributed by atoms with van der Waals surface area (Å²) < 4.78 is 19.4. The average Bonchev–Trinajstić information content (AvgIpc) is 2.35. The lowest BCUT2D eigenvalue weighted by Gasteiger charge is -2.10. The lowest BCUT2D eigenvalue weighted by Crippen LogP contribution is -2.02. The first-order valence-electron chi connectivity index (χ1n) is 5.39. The van der Waals surface area contributed by atoms with E-state index in [0.29, 0.717) is 16.8 Å². The lowest BCUT2D eigenvalue weighted by atomic mass is 10.2. The van der Waals surface area contributed by atoms with Crippen molar-refractivity contribution in [3.8, 4) is 5.75 Å². The Morgan fingerprint density at radius 1 is 1.39 bits per heavy atom. The van der Waals surface area contributed by atoms with Gasteiger partial charge in [-0.3, -0.25) is 0 Å². The number of nitrogens with zero attached hydrogens (tertiary/aromatic N) is 1. The fourth-order valence-corrected chi connectivity index (χ4v) is 2.00. The van der Waals surface area contributed by atoms with Gasteiger partial charge in [0.25, 0.3) is 0 Å². The third kappa shape index (κ3) is 3.20. The highest BCUT2D eigenvalue weighted by molar-refractivity contribution is 9.10. The van der Waals surface area contributed by atoms with Gasteiger partial charge in [0, 0.05) is 29.3 Å². The molecule has 0 aliphatic rings. The maximum absolute atomic E-state index is 13.2. The van der Waals surface area contributed by atoms with Crippen LogP contribution < -0.4 is 10.1 Å². The normalized spacial score (nSPS) is 10.2. The molecule has 0 atom stereocenters. The number of hydrogen-bond donors (Lipinski definition) is 1. The molecule has 0 aliphatic carbocycles. The van der Waals surface area contributed by atoms with Gasteiger partial charge in [-0.2, -0.15) is 0 Å². The minimum absolute atomic E-state index is 0.333. The molecule has 18 heavy (non-hydrogen) atoms. The summed E-state index contributed by atoms with van der Waals surface area (Å²) in [6, 6.07) is 8.20. The van der Waals surface area contributed by atoms with Gasteiger partial charge >= 0.3 is 0 Å². The number of nitrogens with one attached hydrogen (secondary N) is 1. The second kappa shape index (κ2) is 5.82. The molecule has 0 fully saturated rings. The predicted molar refractivity (Wildman–Crippen MR) is 72.2 cm³/mol. The molecule has 0 saturated carbocycles.